The SMILES string of the molecule is CC(C)(C)c1cc(-c2nc3c(-c4cc(-c5ccccc5)cc(-c5ccc([Si](C)(C)C)cn5)c4)cncc3n2-c2ccccc2-c2ccccc2)c(O)c(C(C)(C)C)c1. The van der Waals surface area contributed by atoms with Gasteiger partial charge in [-0.1, -0.05) is 152 Å². The minimum Gasteiger partial charge on any atom is -0.507 e. The van der Waals surface area contributed by atoms with Gasteiger partial charge in [0.2, 0.25) is 0 Å². The fraction of sp³-hybridized carbons (Fsp3) is 0.212. The molecule has 0 saturated heterocycles. The molecule has 8 rings (SSSR count). The van der Waals surface area contributed by atoms with Crippen molar-refractivity contribution in [3.05, 3.63) is 157 Å². The number of nitrogens with zero attached hydrogens (tertiary/aromatic N) is 4. The first kappa shape index (κ1) is 38.7. The summed E-state index contributed by atoms with van der Waals surface area (Å²) >= 11 is 0. The summed E-state index contributed by atoms with van der Waals surface area (Å²) < 4.78 is 2.20. The molecule has 6 heteroatoms. The lowest BCUT2D eigenvalue weighted by molar-refractivity contribution is 0.446. The Balaban J connectivity index is 1.45. The van der Waals surface area contributed by atoms with Gasteiger partial charge in [-0.3, -0.25) is 14.5 Å². The predicted molar refractivity (Wildman–Crippen MR) is 246 cm³/mol. The van der Waals surface area contributed by atoms with Crippen LogP contribution >= 0.6 is 0 Å². The topological polar surface area (TPSA) is 63.8 Å². The van der Waals surface area contributed by atoms with E-state index in [2.05, 4.69) is 187 Å². The molecule has 0 fully saturated rings. The number of fused-ring (bicyclic) bond motifs is 1. The second kappa shape index (κ2) is 14.7. The molecule has 3 aromatic heterocycles. The molecule has 8 aromatic rings. The first-order chi connectivity index (χ1) is 27.6. The molecule has 58 heavy (non-hydrogen) atoms. The van der Waals surface area contributed by atoms with E-state index in [4.69, 9.17) is 15.0 Å². The molecule has 290 valence electrons. The number of hydrogen-bond donors (Lipinski definition) is 1. The number of imidazole rings is 1. The zero-order valence-corrected chi connectivity index (χ0v) is 36.1. The molecule has 0 aliphatic rings. The van der Waals surface area contributed by atoms with Crippen molar-refractivity contribution in [2.75, 3.05) is 0 Å². The summed E-state index contributed by atoms with van der Waals surface area (Å²) in [6.45, 7) is 20.2. The highest BCUT2D eigenvalue weighted by Gasteiger charge is 2.29. The average molecular weight is 777 g/mol. The van der Waals surface area contributed by atoms with Gasteiger partial charge in [0.15, 0.2) is 0 Å². The van der Waals surface area contributed by atoms with Crippen molar-refractivity contribution < 1.29 is 5.11 Å². The van der Waals surface area contributed by atoms with Crippen molar-refractivity contribution in [1.82, 2.24) is 19.5 Å². The van der Waals surface area contributed by atoms with Crippen molar-refractivity contribution in [3.8, 4) is 67.5 Å². The van der Waals surface area contributed by atoms with Crippen molar-refractivity contribution in [2.45, 2.75) is 72.0 Å². The van der Waals surface area contributed by atoms with E-state index in [1.165, 1.54) is 5.19 Å². The molecule has 0 unspecified atom stereocenters. The Morgan fingerprint density at radius 1 is 0.552 bits per heavy atom. The Labute approximate surface area is 344 Å². The summed E-state index contributed by atoms with van der Waals surface area (Å²) in [6.07, 6.45) is 5.89. The van der Waals surface area contributed by atoms with E-state index >= 15 is 0 Å². The quantitative estimate of drug-likeness (QED) is 0.164. The number of aromatic hydroxyl groups is 1. The fourth-order valence-electron chi connectivity index (χ4n) is 7.71. The van der Waals surface area contributed by atoms with Crippen LogP contribution in [-0.2, 0) is 10.8 Å². The second-order valence-electron chi connectivity index (χ2n) is 18.5. The van der Waals surface area contributed by atoms with Crippen molar-refractivity contribution in [2.24, 2.45) is 0 Å². The van der Waals surface area contributed by atoms with Crippen LogP contribution in [0.1, 0.15) is 52.7 Å². The molecule has 0 atom stereocenters. The molecule has 0 aliphatic heterocycles. The number of phenolic OH excluding ortho intramolecular Hbond substituents is 1. The molecule has 3 heterocycles. The highest BCUT2D eigenvalue weighted by molar-refractivity contribution is 6.88. The molecule has 1 N–H and O–H groups in total. The zero-order chi connectivity index (χ0) is 41.0. The van der Waals surface area contributed by atoms with E-state index in [1.807, 2.05) is 24.5 Å². The average Bonchev–Trinajstić information content (AvgIpc) is 3.60. The van der Waals surface area contributed by atoms with Crippen molar-refractivity contribution in [1.29, 1.82) is 0 Å². The Bertz CT molecular complexity index is 2770. The fourth-order valence-corrected chi connectivity index (χ4v) is 8.74. The van der Waals surface area contributed by atoms with E-state index in [0.29, 0.717) is 11.4 Å². The monoisotopic (exact) mass is 776 g/mol. The van der Waals surface area contributed by atoms with Gasteiger partial charge in [0, 0.05) is 34.6 Å². The molecule has 5 nitrogen and oxygen atoms in total. The van der Waals surface area contributed by atoms with Crippen LogP contribution in [0.5, 0.6) is 5.75 Å². The van der Waals surface area contributed by atoms with Crippen molar-refractivity contribution >= 4 is 24.3 Å². The Morgan fingerprint density at radius 2 is 1.19 bits per heavy atom. The van der Waals surface area contributed by atoms with Gasteiger partial charge in [0.25, 0.3) is 0 Å². The van der Waals surface area contributed by atoms with Crippen LogP contribution in [0.4, 0.5) is 0 Å². The predicted octanol–water partition coefficient (Wildman–Crippen LogP) is 13.0. The largest absolute Gasteiger partial charge is 0.507 e. The molecule has 0 saturated carbocycles. The van der Waals surface area contributed by atoms with Gasteiger partial charge >= 0.3 is 0 Å². The Hall–Kier alpha value is -6.11. The van der Waals surface area contributed by atoms with E-state index in [0.717, 1.165) is 72.5 Å². The zero-order valence-electron chi connectivity index (χ0n) is 35.1. The lowest BCUT2D eigenvalue weighted by atomic mass is 9.79. The minimum atomic E-state index is -1.53. The first-order valence-corrected chi connectivity index (χ1v) is 23.7. The molecule has 0 radical (unpaired) electrons. The van der Waals surface area contributed by atoms with Crippen LogP contribution in [0.3, 0.4) is 0 Å². The highest BCUT2D eigenvalue weighted by Crippen LogP contribution is 2.45. The van der Waals surface area contributed by atoms with Crippen molar-refractivity contribution in [3.63, 3.8) is 0 Å². The maximum Gasteiger partial charge on any atom is 0.149 e. The molecular formula is C52H52N4OSi. The van der Waals surface area contributed by atoms with E-state index in [-0.39, 0.29) is 16.6 Å². The van der Waals surface area contributed by atoms with E-state index in [9.17, 15) is 5.11 Å². The number of aromatic nitrogens is 4. The second-order valence-corrected chi connectivity index (χ2v) is 23.6. The van der Waals surface area contributed by atoms with Crippen LogP contribution in [-0.4, -0.2) is 32.7 Å². The third-order valence-corrected chi connectivity index (χ3v) is 13.1. The summed E-state index contributed by atoms with van der Waals surface area (Å²) in [5, 5.41) is 13.7. The van der Waals surface area contributed by atoms with Crippen LogP contribution in [0, 0.1) is 0 Å². The molecule has 0 aliphatic carbocycles. The summed E-state index contributed by atoms with van der Waals surface area (Å²) in [4.78, 5) is 15.5. The highest BCUT2D eigenvalue weighted by atomic mass is 28.3. The third-order valence-electron chi connectivity index (χ3n) is 11.1. The molecule has 0 amide bonds. The van der Waals surface area contributed by atoms with E-state index < -0.39 is 8.07 Å². The van der Waals surface area contributed by atoms with Gasteiger partial charge < -0.3 is 5.11 Å². The maximum atomic E-state index is 12.4. The number of hydrogen-bond acceptors (Lipinski definition) is 4. The lowest BCUT2D eigenvalue weighted by Crippen LogP contribution is -2.37. The van der Waals surface area contributed by atoms with Gasteiger partial charge in [-0.25, -0.2) is 4.98 Å². The summed E-state index contributed by atoms with van der Waals surface area (Å²) in [5.41, 5.74) is 13.0. The minimum absolute atomic E-state index is 0.177. The van der Waals surface area contributed by atoms with Gasteiger partial charge in [-0.15, -0.1) is 0 Å². The molecular weight excluding hydrogens is 725 g/mol. The standard InChI is InChI=1S/C52H52N4OSi/c1-51(2,3)39-29-42(49(57)44(30-39)52(4,5)6)50-55-48-43(32-53-33-47(48)56(50)46-23-17-16-22-41(46)35-20-14-11-15-21-35)37-26-36(34-18-12-10-13-19-34)27-38(28-37)45-25-24-40(31-54-45)58(7,8)9/h10-33,57H,1-9H3. The number of pyridine rings is 2. The van der Waals surface area contributed by atoms with Crippen LogP contribution < -0.4 is 5.19 Å². The third kappa shape index (κ3) is 7.41. The number of phenols is 1. The molecule has 0 bridgehead atoms. The summed E-state index contributed by atoms with van der Waals surface area (Å²) in [5.74, 6) is 0.898. The smallest absolute Gasteiger partial charge is 0.149 e. The van der Waals surface area contributed by atoms with Gasteiger partial charge in [-0.05, 0) is 80.2 Å². The van der Waals surface area contributed by atoms with Crippen LogP contribution in [0.2, 0.25) is 19.6 Å². The Kier molecular flexibility index (Phi) is 9.81. The van der Waals surface area contributed by atoms with Gasteiger partial charge in [0.05, 0.1) is 36.7 Å². The van der Waals surface area contributed by atoms with Gasteiger partial charge in [0.1, 0.15) is 17.1 Å². The number of para-hydroxylation sites is 1. The number of benzene rings is 5. The summed E-state index contributed by atoms with van der Waals surface area (Å²) in [7, 11) is -1.53. The summed E-state index contributed by atoms with van der Waals surface area (Å²) in [6, 6.07) is 44.7. The molecule has 0 spiro atoms. The lowest BCUT2D eigenvalue weighted by Gasteiger charge is -2.27. The first-order valence-electron chi connectivity index (χ1n) is 20.2. The van der Waals surface area contributed by atoms with Crippen LogP contribution in [0.15, 0.2) is 146 Å². The maximum absolute atomic E-state index is 12.4. The van der Waals surface area contributed by atoms with Gasteiger partial charge in [-0.2, -0.15) is 0 Å². The normalized spacial score (nSPS) is 12.3. The van der Waals surface area contributed by atoms with Crippen LogP contribution in [0.25, 0.3) is 72.7 Å². The Morgan fingerprint density at radius 3 is 1.83 bits per heavy atom. The number of rotatable bonds is 7. The van der Waals surface area contributed by atoms with E-state index in [1.54, 1.807) is 0 Å². The molecule has 5 aromatic carbocycles.